The summed E-state index contributed by atoms with van der Waals surface area (Å²) in [5.74, 6) is 0.591. The Hall–Kier alpha value is -3.84. The molecule has 0 aliphatic carbocycles. The van der Waals surface area contributed by atoms with Crippen LogP contribution in [0.2, 0.25) is 5.15 Å². The predicted molar refractivity (Wildman–Crippen MR) is 137 cm³/mol. The molecule has 8 heteroatoms. The lowest BCUT2D eigenvalue weighted by molar-refractivity contribution is 0.0595. The van der Waals surface area contributed by atoms with E-state index in [1.807, 2.05) is 50.2 Å². The first-order valence-electron chi connectivity index (χ1n) is 11.0. The number of esters is 1. The number of methoxy groups -OCH3 is 2. The van der Waals surface area contributed by atoms with E-state index in [1.165, 1.54) is 7.11 Å². The van der Waals surface area contributed by atoms with Gasteiger partial charge in [-0.2, -0.15) is 0 Å². The highest BCUT2D eigenvalue weighted by Gasteiger charge is 2.21. The number of aryl methyl sites for hydroxylation is 1. The highest BCUT2D eigenvalue weighted by molar-refractivity contribution is 6.29. The van der Waals surface area contributed by atoms with Gasteiger partial charge < -0.3 is 19.2 Å². The lowest BCUT2D eigenvalue weighted by atomic mass is 9.98. The molecule has 0 spiro atoms. The van der Waals surface area contributed by atoms with E-state index >= 15 is 0 Å². The van der Waals surface area contributed by atoms with Crippen LogP contribution in [0.1, 0.15) is 40.1 Å². The molecule has 2 aromatic carbocycles. The molecule has 0 aliphatic heterocycles. The first-order chi connectivity index (χ1) is 16.7. The van der Waals surface area contributed by atoms with Gasteiger partial charge in [-0.15, -0.1) is 0 Å². The highest BCUT2D eigenvalue weighted by atomic mass is 35.5. The van der Waals surface area contributed by atoms with Gasteiger partial charge in [0.2, 0.25) is 0 Å². The number of ether oxygens (including phenoxy) is 2. The SMILES string of the molecule is COC(=O)c1nc(Cl)ccc1N[C@H](C)c1cc(C)cc2c(=O)c(C)c(-c3ccc(OC)cc3)oc12. The summed E-state index contributed by atoms with van der Waals surface area (Å²) in [4.78, 5) is 29.7. The van der Waals surface area contributed by atoms with Crippen molar-refractivity contribution in [1.82, 2.24) is 4.98 Å². The van der Waals surface area contributed by atoms with E-state index in [9.17, 15) is 9.59 Å². The number of pyridine rings is 1. The van der Waals surface area contributed by atoms with Crippen molar-refractivity contribution in [2.75, 3.05) is 19.5 Å². The Kier molecular flexibility index (Phi) is 6.80. The molecule has 0 amide bonds. The van der Waals surface area contributed by atoms with E-state index in [4.69, 9.17) is 25.5 Å². The molecule has 7 nitrogen and oxygen atoms in total. The van der Waals surface area contributed by atoms with Crippen LogP contribution in [0.25, 0.3) is 22.3 Å². The molecule has 1 atom stereocenters. The number of nitrogens with zero attached hydrogens (tertiary/aromatic N) is 1. The highest BCUT2D eigenvalue weighted by Crippen LogP contribution is 2.33. The smallest absolute Gasteiger partial charge is 0.358 e. The fourth-order valence-corrected chi connectivity index (χ4v) is 4.17. The van der Waals surface area contributed by atoms with Crippen molar-refractivity contribution in [3.63, 3.8) is 0 Å². The van der Waals surface area contributed by atoms with Crippen LogP contribution in [0.3, 0.4) is 0 Å². The number of carbonyl (C=O) groups is 1. The van der Waals surface area contributed by atoms with Crippen LogP contribution in [0, 0.1) is 13.8 Å². The van der Waals surface area contributed by atoms with Crippen LogP contribution in [-0.4, -0.2) is 25.2 Å². The minimum absolute atomic E-state index is 0.0695. The molecule has 0 saturated carbocycles. The second kappa shape index (κ2) is 9.80. The van der Waals surface area contributed by atoms with Crippen LogP contribution in [0.5, 0.6) is 5.75 Å². The number of anilines is 1. The minimum Gasteiger partial charge on any atom is -0.497 e. The third-order valence-electron chi connectivity index (χ3n) is 5.82. The van der Waals surface area contributed by atoms with Gasteiger partial charge in [0, 0.05) is 16.7 Å². The number of halogens is 1. The number of hydrogen-bond donors (Lipinski definition) is 1. The fourth-order valence-electron chi connectivity index (χ4n) is 4.02. The number of carbonyl (C=O) groups excluding carboxylic acids is 1. The Labute approximate surface area is 207 Å². The Morgan fingerprint density at radius 2 is 1.80 bits per heavy atom. The largest absolute Gasteiger partial charge is 0.497 e. The monoisotopic (exact) mass is 492 g/mol. The second-order valence-electron chi connectivity index (χ2n) is 8.23. The third-order valence-corrected chi connectivity index (χ3v) is 6.03. The van der Waals surface area contributed by atoms with Gasteiger partial charge in [0.1, 0.15) is 22.2 Å². The quantitative estimate of drug-likeness (QED) is 0.257. The zero-order chi connectivity index (χ0) is 25.3. The maximum atomic E-state index is 13.4. The number of hydrogen-bond acceptors (Lipinski definition) is 7. The number of rotatable bonds is 6. The van der Waals surface area contributed by atoms with Gasteiger partial charge in [-0.05, 0) is 68.8 Å². The molecule has 1 N–H and O–H groups in total. The number of aromatic nitrogens is 1. The van der Waals surface area contributed by atoms with Crippen molar-refractivity contribution in [1.29, 1.82) is 0 Å². The molecular formula is C27H25ClN2O5. The Bertz CT molecular complexity index is 1480. The van der Waals surface area contributed by atoms with Gasteiger partial charge in [-0.25, -0.2) is 9.78 Å². The summed E-state index contributed by atoms with van der Waals surface area (Å²) in [6.07, 6.45) is 0. The summed E-state index contributed by atoms with van der Waals surface area (Å²) < 4.78 is 16.5. The van der Waals surface area contributed by atoms with Gasteiger partial charge in [0.15, 0.2) is 11.1 Å². The van der Waals surface area contributed by atoms with E-state index in [0.717, 1.165) is 16.7 Å². The van der Waals surface area contributed by atoms with Gasteiger partial charge in [0.05, 0.1) is 31.3 Å². The minimum atomic E-state index is -0.611. The summed E-state index contributed by atoms with van der Waals surface area (Å²) in [5.41, 5.74) is 3.86. The molecule has 4 rings (SSSR count). The van der Waals surface area contributed by atoms with Crippen LogP contribution in [0.4, 0.5) is 5.69 Å². The Morgan fingerprint density at radius 3 is 2.46 bits per heavy atom. The summed E-state index contributed by atoms with van der Waals surface area (Å²) in [7, 11) is 2.88. The zero-order valence-corrected chi connectivity index (χ0v) is 20.8. The van der Waals surface area contributed by atoms with Crippen molar-refractivity contribution in [3.8, 4) is 17.1 Å². The molecule has 4 aromatic rings. The third kappa shape index (κ3) is 4.72. The number of fused-ring (bicyclic) bond motifs is 1. The predicted octanol–water partition coefficient (Wildman–Crippen LogP) is 6.09. The number of nitrogens with one attached hydrogen (secondary N) is 1. The second-order valence-corrected chi connectivity index (χ2v) is 8.62. The van der Waals surface area contributed by atoms with Crippen molar-refractivity contribution in [3.05, 3.63) is 86.3 Å². The van der Waals surface area contributed by atoms with E-state index in [2.05, 4.69) is 10.3 Å². The molecule has 0 saturated heterocycles. The molecule has 2 heterocycles. The number of benzene rings is 2. The van der Waals surface area contributed by atoms with Gasteiger partial charge in [0.25, 0.3) is 0 Å². The summed E-state index contributed by atoms with van der Waals surface area (Å²) >= 11 is 5.99. The summed E-state index contributed by atoms with van der Waals surface area (Å²) in [6.45, 7) is 5.60. The van der Waals surface area contributed by atoms with Crippen LogP contribution in [-0.2, 0) is 4.74 Å². The normalized spacial score (nSPS) is 11.8. The molecule has 0 fully saturated rings. The fraction of sp³-hybridized carbons (Fsp3) is 0.222. The first kappa shape index (κ1) is 24.3. The molecule has 0 bridgehead atoms. The maximum absolute atomic E-state index is 13.4. The molecule has 2 aromatic heterocycles. The Balaban J connectivity index is 1.85. The molecule has 180 valence electrons. The first-order valence-corrected chi connectivity index (χ1v) is 11.3. The topological polar surface area (TPSA) is 90.7 Å². The standard InChI is InChI=1S/C27H25ClN2O5/c1-14-12-19(16(3)29-21-10-11-22(28)30-23(21)27(32)34-5)26-20(13-14)24(31)15(2)25(35-26)17-6-8-18(33-4)9-7-17/h6-13,16,29H,1-5H3/t16-/m1/s1. The average molecular weight is 493 g/mol. The van der Waals surface area contributed by atoms with Gasteiger partial charge in [-0.1, -0.05) is 17.7 Å². The maximum Gasteiger partial charge on any atom is 0.358 e. The van der Waals surface area contributed by atoms with Crippen LogP contribution >= 0.6 is 11.6 Å². The summed E-state index contributed by atoms with van der Waals surface area (Å²) in [5, 5.41) is 3.96. The molecular weight excluding hydrogens is 468 g/mol. The van der Waals surface area contributed by atoms with E-state index in [1.54, 1.807) is 26.2 Å². The molecule has 0 aliphatic rings. The van der Waals surface area contributed by atoms with Gasteiger partial charge >= 0.3 is 5.97 Å². The lowest BCUT2D eigenvalue weighted by Crippen LogP contribution is -2.15. The van der Waals surface area contributed by atoms with Crippen molar-refractivity contribution < 1.29 is 18.7 Å². The molecule has 0 unspecified atom stereocenters. The molecule has 35 heavy (non-hydrogen) atoms. The average Bonchev–Trinajstić information content (AvgIpc) is 2.86. The molecule has 0 radical (unpaired) electrons. The van der Waals surface area contributed by atoms with Crippen molar-refractivity contribution in [2.45, 2.75) is 26.8 Å². The van der Waals surface area contributed by atoms with E-state index < -0.39 is 5.97 Å². The van der Waals surface area contributed by atoms with E-state index in [-0.39, 0.29) is 22.3 Å². The van der Waals surface area contributed by atoms with Crippen molar-refractivity contribution >= 4 is 34.2 Å². The van der Waals surface area contributed by atoms with Crippen molar-refractivity contribution in [2.24, 2.45) is 0 Å². The summed E-state index contributed by atoms with van der Waals surface area (Å²) in [6, 6.07) is 14.0. The van der Waals surface area contributed by atoms with Crippen LogP contribution in [0.15, 0.2) is 57.7 Å². The lowest BCUT2D eigenvalue weighted by Gasteiger charge is -2.20. The van der Waals surface area contributed by atoms with Gasteiger partial charge in [-0.3, -0.25) is 4.79 Å². The zero-order valence-electron chi connectivity index (χ0n) is 20.1. The van der Waals surface area contributed by atoms with E-state index in [0.29, 0.717) is 33.7 Å². The Morgan fingerprint density at radius 1 is 1.09 bits per heavy atom. The van der Waals surface area contributed by atoms with Crippen LogP contribution < -0.4 is 15.5 Å².